The highest BCUT2D eigenvalue weighted by molar-refractivity contribution is 5.88. The fraction of sp³-hybridized carbons (Fsp3) is 0.182. The normalized spacial score (nSPS) is 12.1. The first-order valence-corrected chi connectivity index (χ1v) is 8.91. The van der Waals surface area contributed by atoms with Crippen LogP contribution in [0.1, 0.15) is 11.1 Å². The molecule has 2 aromatic rings. The van der Waals surface area contributed by atoms with Crippen molar-refractivity contribution in [2.75, 3.05) is 20.3 Å². The summed E-state index contributed by atoms with van der Waals surface area (Å²) in [7, 11) is 1.41. The first kappa shape index (κ1) is 22.5. The summed E-state index contributed by atoms with van der Waals surface area (Å²) in [5.41, 5.74) is 1.28. The largest absolute Gasteiger partial charge is 0.508 e. The van der Waals surface area contributed by atoms with Gasteiger partial charge in [0, 0.05) is 12.2 Å². The average Bonchev–Trinajstić information content (AvgIpc) is 2.75. The first-order chi connectivity index (χ1) is 14.4. The molecule has 0 aliphatic rings. The van der Waals surface area contributed by atoms with Gasteiger partial charge >= 0.3 is 11.9 Å². The molecule has 0 heterocycles. The molecule has 8 heteroatoms. The van der Waals surface area contributed by atoms with E-state index in [0.717, 1.165) is 12.2 Å². The molecule has 0 fully saturated rings. The van der Waals surface area contributed by atoms with E-state index in [2.05, 4.69) is 0 Å². The zero-order valence-corrected chi connectivity index (χ0v) is 16.2. The number of methoxy groups -OCH3 is 1. The van der Waals surface area contributed by atoms with E-state index in [4.69, 9.17) is 14.2 Å². The van der Waals surface area contributed by atoms with Crippen LogP contribution in [0.25, 0.3) is 12.2 Å². The molecule has 8 nitrogen and oxygen atoms in total. The van der Waals surface area contributed by atoms with Gasteiger partial charge in [-0.05, 0) is 47.5 Å². The number of hydrogen-bond donors (Lipinski definition) is 3. The van der Waals surface area contributed by atoms with Gasteiger partial charge in [0.15, 0.2) is 17.6 Å². The van der Waals surface area contributed by atoms with Crippen molar-refractivity contribution in [3.05, 3.63) is 65.7 Å². The number of aliphatic hydroxyl groups excluding tert-OH is 1. The summed E-state index contributed by atoms with van der Waals surface area (Å²) >= 11 is 0. The Kier molecular flexibility index (Phi) is 8.46. The van der Waals surface area contributed by atoms with Crippen molar-refractivity contribution in [1.29, 1.82) is 0 Å². The van der Waals surface area contributed by atoms with Crippen LogP contribution in [0.3, 0.4) is 0 Å². The smallest absolute Gasteiger partial charge is 0.331 e. The monoisotopic (exact) mass is 414 g/mol. The Balaban J connectivity index is 1.83. The predicted molar refractivity (Wildman–Crippen MR) is 109 cm³/mol. The maximum absolute atomic E-state index is 11.8. The quantitative estimate of drug-likeness (QED) is 0.422. The summed E-state index contributed by atoms with van der Waals surface area (Å²) in [5.74, 6) is -1.07. The first-order valence-electron chi connectivity index (χ1n) is 8.91. The standard InChI is InChI=1S/C22H22O8/c1-28-20-12-16(4-9-19(20)25)6-10-21(26)29-14-18(13-23)30-22(27)11-5-15-2-7-17(24)8-3-15/h2-12,18,23-25H,13-14H2,1H3/b10-6+,11-5+/t18-/m0/s1. The van der Waals surface area contributed by atoms with E-state index in [0.29, 0.717) is 11.1 Å². The third-order valence-corrected chi connectivity index (χ3v) is 3.82. The van der Waals surface area contributed by atoms with E-state index in [1.807, 2.05) is 0 Å². The number of esters is 2. The van der Waals surface area contributed by atoms with Crippen molar-refractivity contribution in [1.82, 2.24) is 0 Å². The minimum Gasteiger partial charge on any atom is -0.508 e. The lowest BCUT2D eigenvalue weighted by Gasteiger charge is -2.13. The zero-order chi connectivity index (χ0) is 21.9. The van der Waals surface area contributed by atoms with Crippen LogP contribution in [0, 0.1) is 0 Å². The van der Waals surface area contributed by atoms with Crippen LogP contribution in [0.15, 0.2) is 54.6 Å². The fourth-order valence-corrected chi connectivity index (χ4v) is 2.26. The Bertz CT molecular complexity index is 915. The van der Waals surface area contributed by atoms with Gasteiger partial charge in [0.1, 0.15) is 12.4 Å². The zero-order valence-electron chi connectivity index (χ0n) is 16.2. The number of ether oxygens (including phenoxy) is 3. The van der Waals surface area contributed by atoms with E-state index < -0.39 is 24.6 Å². The maximum Gasteiger partial charge on any atom is 0.331 e. The van der Waals surface area contributed by atoms with Crippen LogP contribution in [-0.2, 0) is 19.1 Å². The number of hydrogen-bond acceptors (Lipinski definition) is 8. The molecule has 158 valence electrons. The summed E-state index contributed by atoms with van der Waals surface area (Å²) in [6.45, 7) is -0.845. The minimum atomic E-state index is -1.02. The van der Waals surface area contributed by atoms with Gasteiger partial charge < -0.3 is 29.5 Å². The van der Waals surface area contributed by atoms with Crippen molar-refractivity contribution in [2.24, 2.45) is 0 Å². The second-order valence-electron chi connectivity index (χ2n) is 6.06. The second kappa shape index (κ2) is 11.3. The van der Waals surface area contributed by atoms with Crippen molar-refractivity contribution < 1.29 is 39.1 Å². The van der Waals surface area contributed by atoms with Crippen LogP contribution in [0.2, 0.25) is 0 Å². The topological polar surface area (TPSA) is 123 Å². The third kappa shape index (κ3) is 7.33. The number of aliphatic hydroxyl groups is 1. The highest BCUT2D eigenvalue weighted by Crippen LogP contribution is 2.26. The number of rotatable bonds is 9. The van der Waals surface area contributed by atoms with Gasteiger partial charge in [-0.2, -0.15) is 0 Å². The molecule has 2 aromatic carbocycles. The summed E-state index contributed by atoms with van der Waals surface area (Å²) in [4.78, 5) is 23.7. The third-order valence-electron chi connectivity index (χ3n) is 3.82. The number of carbonyl (C=O) groups excluding carboxylic acids is 2. The molecular formula is C22H22O8. The molecule has 0 unspecified atom stereocenters. The van der Waals surface area contributed by atoms with Gasteiger partial charge in [0.2, 0.25) is 0 Å². The summed E-state index contributed by atoms with van der Waals surface area (Å²) in [6.07, 6.45) is 4.25. The molecule has 3 N–H and O–H groups in total. The SMILES string of the molecule is COc1cc(/C=C/C(=O)OC[C@H](CO)OC(=O)/C=C/c2ccc(O)cc2)ccc1O. The molecule has 0 amide bonds. The number of aromatic hydroxyl groups is 2. The van der Waals surface area contributed by atoms with Gasteiger partial charge in [0.25, 0.3) is 0 Å². The van der Waals surface area contributed by atoms with E-state index in [1.54, 1.807) is 18.2 Å². The van der Waals surface area contributed by atoms with E-state index >= 15 is 0 Å². The summed E-state index contributed by atoms with van der Waals surface area (Å²) < 4.78 is 15.0. The molecule has 1 atom stereocenters. The van der Waals surface area contributed by atoms with Crippen LogP contribution >= 0.6 is 0 Å². The van der Waals surface area contributed by atoms with Gasteiger partial charge in [-0.3, -0.25) is 0 Å². The predicted octanol–water partition coefficient (Wildman–Crippen LogP) is 2.28. The number of carbonyl (C=O) groups is 2. The molecule has 0 aliphatic heterocycles. The average molecular weight is 414 g/mol. The van der Waals surface area contributed by atoms with Gasteiger partial charge in [-0.15, -0.1) is 0 Å². The molecule has 0 aliphatic carbocycles. The number of phenols is 2. The van der Waals surface area contributed by atoms with Crippen molar-refractivity contribution in [3.63, 3.8) is 0 Å². The molecule has 0 saturated heterocycles. The van der Waals surface area contributed by atoms with Crippen molar-refractivity contribution in [2.45, 2.75) is 6.10 Å². The molecule has 2 rings (SSSR count). The lowest BCUT2D eigenvalue weighted by atomic mass is 10.2. The summed E-state index contributed by atoms with van der Waals surface area (Å²) in [6, 6.07) is 10.7. The Hall–Kier alpha value is -3.78. The van der Waals surface area contributed by atoms with Gasteiger partial charge in [0.05, 0.1) is 13.7 Å². The Labute approximate surface area is 173 Å². The number of phenolic OH excluding ortho intramolecular Hbond substituents is 2. The molecule has 0 spiro atoms. The Morgan fingerprint density at radius 1 is 0.967 bits per heavy atom. The van der Waals surface area contributed by atoms with Crippen LogP contribution in [0.4, 0.5) is 0 Å². The van der Waals surface area contributed by atoms with Crippen LogP contribution < -0.4 is 4.74 Å². The molecule has 0 radical (unpaired) electrons. The minimum absolute atomic E-state index is 0.0238. The van der Waals surface area contributed by atoms with Crippen molar-refractivity contribution in [3.8, 4) is 17.2 Å². The highest BCUT2D eigenvalue weighted by atomic mass is 16.6. The molecule has 0 aromatic heterocycles. The Morgan fingerprint density at radius 3 is 2.27 bits per heavy atom. The fourth-order valence-electron chi connectivity index (χ4n) is 2.26. The van der Waals surface area contributed by atoms with E-state index in [1.165, 1.54) is 43.5 Å². The molecule has 0 bridgehead atoms. The number of benzene rings is 2. The molecular weight excluding hydrogens is 392 g/mol. The van der Waals surface area contributed by atoms with E-state index in [9.17, 15) is 24.9 Å². The van der Waals surface area contributed by atoms with Crippen molar-refractivity contribution >= 4 is 24.1 Å². The highest BCUT2D eigenvalue weighted by Gasteiger charge is 2.14. The summed E-state index contributed by atoms with van der Waals surface area (Å²) in [5, 5.41) is 28.1. The lowest BCUT2D eigenvalue weighted by Crippen LogP contribution is -2.27. The second-order valence-corrected chi connectivity index (χ2v) is 6.06. The maximum atomic E-state index is 11.8. The van der Waals surface area contributed by atoms with Crippen LogP contribution in [0.5, 0.6) is 17.2 Å². The van der Waals surface area contributed by atoms with Crippen LogP contribution in [-0.4, -0.2) is 53.7 Å². The van der Waals surface area contributed by atoms with E-state index in [-0.39, 0.29) is 23.9 Å². The molecule has 30 heavy (non-hydrogen) atoms. The Morgan fingerprint density at radius 2 is 1.60 bits per heavy atom. The van der Waals surface area contributed by atoms with Gasteiger partial charge in [-0.25, -0.2) is 9.59 Å². The molecule has 0 saturated carbocycles. The lowest BCUT2D eigenvalue weighted by molar-refractivity contribution is -0.154. The van der Waals surface area contributed by atoms with Gasteiger partial charge in [-0.1, -0.05) is 18.2 Å².